The van der Waals surface area contributed by atoms with Gasteiger partial charge in [0, 0.05) is 24.0 Å². The third-order valence-electron chi connectivity index (χ3n) is 6.19. The van der Waals surface area contributed by atoms with Crippen LogP contribution in [0, 0.1) is 5.92 Å². The average Bonchev–Trinajstić information content (AvgIpc) is 3.33. The van der Waals surface area contributed by atoms with Crippen molar-refractivity contribution in [2.75, 3.05) is 5.32 Å². The van der Waals surface area contributed by atoms with Crippen molar-refractivity contribution in [2.24, 2.45) is 11.0 Å². The third kappa shape index (κ3) is 3.75. The standard InChI is InChI=1S/C26H24N4O/c1-17(29-30-26(31)20-9-6-14-27-16-20)19-12-13-24-23(15-19)21-10-5-11-22(21)25(28-24)18-7-3-2-4-8-18/h2-10,12-16,21-22,25,28H,11H2,1H3,(H,30,31)/b29-17+/t21-,22+,25+/m1/s1. The molecular formula is C26H24N4O. The Morgan fingerprint density at radius 3 is 2.77 bits per heavy atom. The number of amides is 1. The van der Waals surface area contributed by atoms with E-state index < -0.39 is 0 Å². The van der Waals surface area contributed by atoms with E-state index in [9.17, 15) is 4.79 Å². The van der Waals surface area contributed by atoms with Crippen molar-refractivity contribution in [3.05, 3.63) is 107 Å². The molecule has 5 nitrogen and oxygen atoms in total. The number of anilines is 1. The molecule has 2 aliphatic rings. The fourth-order valence-corrected chi connectivity index (χ4v) is 4.57. The molecule has 0 saturated heterocycles. The van der Waals surface area contributed by atoms with E-state index in [-0.39, 0.29) is 5.91 Å². The van der Waals surface area contributed by atoms with Crippen molar-refractivity contribution in [2.45, 2.75) is 25.3 Å². The number of allylic oxidation sites excluding steroid dienone is 2. The van der Waals surface area contributed by atoms with Crippen LogP contribution >= 0.6 is 0 Å². The van der Waals surface area contributed by atoms with Crippen LogP contribution in [0.15, 0.2) is 90.3 Å². The maximum atomic E-state index is 12.3. The summed E-state index contributed by atoms with van der Waals surface area (Å²) in [5.74, 6) is 0.600. The Balaban J connectivity index is 1.40. The van der Waals surface area contributed by atoms with Crippen molar-refractivity contribution in [1.29, 1.82) is 0 Å². The first-order chi connectivity index (χ1) is 15.2. The lowest BCUT2D eigenvalue weighted by molar-refractivity contribution is 0.0954. The fraction of sp³-hybridized carbons (Fsp3) is 0.192. The highest BCUT2D eigenvalue weighted by Crippen LogP contribution is 2.49. The van der Waals surface area contributed by atoms with E-state index >= 15 is 0 Å². The Morgan fingerprint density at radius 1 is 1.10 bits per heavy atom. The summed E-state index contributed by atoms with van der Waals surface area (Å²) in [6, 6.07) is 20.8. The van der Waals surface area contributed by atoms with E-state index in [2.05, 4.69) is 81.5 Å². The molecule has 154 valence electrons. The molecule has 1 amide bonds. The third-order valence-corrected chi connectivity index (χ3v) is 6.19. The predicted molar refractivity (Wildman–Crippen MR) is 123 cm³/mol. The molecule has 2 aromatic carbocycles. The summed E-state index contributed by atoms with van der Waals surface area (Å²) in [6.45, 7) is 1.91. The van der Waals surface area contributed by atoms with Gasteiger partial charge in [-0.15, -0.1) is 0 Å². The van der Waals surface area contributed by atoms with Crippen LogP contribution in [0.3, 0.4) is 0 Å². The first-order valence-corrected chi connectivity index (χ1v) is 10.6. The summed E-state index contributed by atoms with van der Waals surface area (Å²) < 4.78 is 0. The van der Waals surface area contributed by atoms with Gasteiger partial charge < -0.3 is 5.32 Å². The quantitative estimate of drug-likeness (QED) is 0.360. The maximum Gasteiger partial charge on any atom is 0.272 e. The molecule has 31 heavy (non-hydrogen) atoms. The van der Waals surface area contributed by atoms with Gasteiger partial charge in [0.2, 0.25) is 0 Å². The van der Waals surface area contributed by atoms with Crippen LogP contribution < -0.4 is 10.7 Å². The summed E-state index contributed by atoms with van der Waals surface area (Å²) in [5, 5.41) is 8.08. The minimum absolute atomic E-state index is 0.267. The van der Waals surface area contributed by atoms with Crippen LogP contribution in [-0.2, 0) is 0 Å². The largest absolute Gasteiger partial charge is 0.378 e. The lowest BCUT2D eigenvalue weighted by Gasteiger charge is -2.37. The first-order valence-electron chi connectivity index (χ1n) is 10.6. The molecule has 0 unspecified atom stereocenters. The van der Waals surface area contributed by atoms with Crippen molar-refractivity contribution < 1.29 is 4.79 Å². The molecule has 0 bridgehead atoms. The summed E-state index contributed by atoms with van der Waals surface area (Å²) in [7, 11) is 0. The number of hydrogen-bond donors (Lipinski definition) is 2. The van der Waals surface area contributed by atoms with Gasteiger partial charge in [-0.1, -0.05) is 48.6 Å². The Kier molecular flexibility index (Phi) is 5.08. The van der Waals surface area contributed by atoms with Crippen LogP contribution in [0.1, 0.15) is 52.4 Å². The number of benzene rings is 2. The van der Waals surface area contributed by atoms with Gasteiger partial charge in [0.05, 0.1) is 17.3 Å². The van der Waals surface area contributed by atoms with E-state index in [0.717, 1.165) is 23.4 Å². The maximum absolute atomic E-state index is 12.3. The van der Waals surface area contributed by atoms with E-state index in [1.165, 1.54) is 17.3 Å². The second-order valence-electron chi connectivity index (χ2n) is 8.07. The molecule has 1 aliphatic heterocycles. The number of aromatic nitrogens is 1. The van der Waals surface area contributed by atoms with Crippen LogP contribution in [0.5, 0.6) is 0 Å². The van der Waals surface area contributed by atoms with Crippen LogP contribution in [0.4, 0.5) is 5.69 Å². The first kappa shape index (κ1) is 19.2. The summed E-state index contributed by atoms with van der Waals surface area (Å²) in [6.07, 6.45) is 8.86. The van der Waals surface area contributed by atoms with Gasteiger partial charge >= 0.3 is 0 Å². The topological polar surface area (TPSA) is 66.4 Å². The minimum atomic E-state index is -0.267. The van der Waals surface area contributed by atoms with Crippen molar-refractivity contribution in [3.8, 4) is 0 Å². The monoisotopic (exact) mass is 408 g/mol. The van der Waals surface area contributed by atoms with Crippen molar-refractivity contribution in [3.63, 3.8) is 0 Å². The average molecular weight is 409 g/mol. The van der Waals surface area contributed by atoms with E-state index in [1.54, 1.807) is 18.3 Å². The molecule has 1 aromatic heterocycles. The molecule has 0 spiro atoms. The van der Waals surface area contributed by atoms with E-state index in [4.69, 9.17) is 0 Å². The molecule has 1 aliphatic carbocycles. The van der Waals surface area contributed by atoms with Crippen molar-refractivity contribution in [1.82, 2.24) is 10.4 Å². The molecule has 0 radical (unpaired) electrons. The van der Waals surface area contributed by atoms with Gasteiger partial charge in [-0.2, -0.15) is 5.10 Å². The normalized spacial score (nSPS) is 21.7. The van der Waals surface area contributed by atoms with Crippen LogP contribution in [-0.4, -0.2) is 16.6 Å². The van der Waals surface area contributed by atoms with Gasteiger partial charge in [-0.25, -0.2) is 5.43 Å². The smallest absolute Gasteiger partial charge is 0.272 e. The second-order valence-corrected chi connectivity index (χ2v) is 8.07. The molecular weight excluding hydrogens is 384 g/mol. The molecule has 2 heterocycles. The SMILES string of the molecule is C/C(=N\NC(=O)c1cccnc1)c1ccc2c(c1)[C@@H]1C=CC[C@@H]1[C@H](c1ccccc1)N2. The van der Waals surface area contributed by atoms with E-state index in [1.807, 2.05) is 6.92 Å². The zero-order valence-corrected chi connectivity index (χ0v) is 17.3. The lowest BCUT2D eigenvalue weighted by Crippen LogP contribution is -2.29. The number of rotatable bonds is 4. The highest BCUT2D eigenvalue weighted by atomic mass is 16.2. The molecule has 0 saturated carbocycles. The minimum Gasteiger partial charge on any atom is -0.378 e. The number of carbonyl (C=O) groups is 1. The number of nitrogens with one attached hydrogen (secondary N) is 2. The molecule has 0 fully saturated rings. The number of hydrazone groups is 1. The van der Waals surface area contributed by atoms with Crippen molar-refractivity contribution >= 4 is 17.3 Å². The highest BCUT2D eigenvalue weighted by molar-refractivity contribution is 6.01. The highest BCUT2D eigenvalue weighted by Gasteiger charge is 2.37. The lowest BCUT2D eigenvalue weighted by atomic mass is 9.76. The molecule has 3 atom stereocenters. The zero-order valence-electron chi connectivity index (χ0n) is 17.3. The van der Waals surface area contributed by atoms with Crippen LogP contribution in [0.25, 0.3) is 0 Å². The summed E-state index contributed by atoms with van der Waals surface area (Å²) in [4.78, 5) is 16.2. The summed E-state index contributed by atoms with van der Waals surface area (Å²) >= 11 is 0. The number of pyridine rings is 1. The predicted octanol–water partition coefficient (Wildman–Crippen LogP) is 5.06. The Labute approximate surface area is 181 Å². The zero-order chi connectivity index (χ0) is 21.2. The van der Waals surface area contributed by atoms with Gasteiger partial charge in [-0.3, -0.25) is 9.78 Å². The van der Waals surface area contributed by atoms with Crippen LogP contribution in [0.2, 0.25) is 0 Å². The van der Waals surface area contributed by atoms with Gasteiger partial charge in [0.1, 0.15) is 0 Å². The Morgan fingerprint density at radius 2 is 1.97 bits per heavy atom. The molecule has 5 heteroatoms. The van der Waals surface area contributed by atoms with E-state index in [0.29, 0.717) is 23.4 Å². The number of carbonyl (C=O) groups excluding carboxylic acids is 1. The molecule has 2 N–H and O–H groups in total. The Bertz CT molecular complexity index is 1150. The van der Waals surface area contributed by atoms with Gasteiger partial charge in [0.15, 0.2) is 0 Å². The summed E-state index contributed by atoms with van der Waals surface area (Å²) in [5.41, 5.74) is 8.67. The molecule has 3 aromatic rings. The molecule has 5 rings (SSSR count). The fourth-order valence-electron chi connectivity index (χ4n) is 4.57. The number of fused-ring (bicyclic) bond motifs is 3. The number of nitrogens with zero attached hydrogens (tertiary/aromatic N) is 2. The van der Waals surface area contributed by atoms with Gasteiger partial charge in [0.25, 0.3) is 5.91 Å². The van der Waals surface area contributed by atoms with Gasteiger partial charge in [-0.05, 0) is 60.2 Å². The Hall–Kier alpha value is -3.73. The second kappa shape index (κ2) is 8.19. The number of hydrogen-bond acceptors (Lipinski definition) is 4.